The van der Waals surface area contributed by atoms with Crippen molar-refractivity contribution in [2.24, 2.45) is 5.92 Å². The third-order valence-electron chi connectivity index (χ3n) is 4.12. The first-order valence-corrected chi connectivity index (χ1v) is 8.28. The number of hydrogen-bond donors (Lipinski definition) is 1. The lowest BCUT2D eigenvalue weighted by Gasteiger charge is -2.19. The average molecular weight is 350 g/mol. The summed E-state index contributed by atoms with van der Waals surface area (Å²) in [4.78, 5) is 41.2. The summed E-state index contributed by atoms with van der Waals surface area (Å²) in [6.45, 7) is 2.04. The van der Waals surface area contributed by atoms with Crippen LogP contribution in [0.2, 0.25) is 0 Å². The van der Waals surface area contributed by atoms with E-state index in [2.05, 4.69) is 5.32 Å². The summed E-state index contributed by atoms with van der Waals surface area (Å²) in [7, 11) is 7.18. The number of likely N-dealkylation sites (tertiary alicyclic amines) is 1. The maximum Gasteiger partial charge on any atom is 0.289 e. The molecule has 0 aromatic carbocycles. The van der Waals surface area contributed by atoms with Crippen LogP contribution in [0.4, 0.5) is 0 Å². The molecule has 0 saturated carbocycles. The fourth-order valence-corrected chi connectivity index (χ4v) is 2.61. The van der Waals surface area contributed by atoms with E-state index < -0.39 is 0 Å². The van der Waals surface area contributed by atoms with Gasteiger partial charge in [0.25, 0.3) is 5.91 Å². The summed E-state index contributed by atoms with van der Waals surface area (Å²) >= 11 is 0. The summed E-state index contributed by atoms with van der Waals surface area (Å²) < 4.78 is 5.44. The molecule has 1 aliphatic heterocycles. The van der Waals surface area contributed by atoms with E-state index in [0.717, 1.165) is 6.54 Å². The number of nitrogens with one attached hydrogen (secondary N) is 1. The SMILES string of the molecule is CN(C)CCN1CC(C(=O)NCc2ccc(C(=O)N(C)C)o2)CC1=O. The molecule has 1 aromatic heterocycles. The molecule has 8 nitrogen and oxygen atoms in total. The third kappa shape index (κ3) is 5.06. The van der Waals surface area contributed by atoms with Crippen LogP contribution in [0.25, 0.3) is 0 Å². The van der Waals surface area contributed by atoms with Gasteiger partial charge in [-0.25, -0.2) is 0 Å². The molecule has 2 heterocycles. The van der Waals surface area contributed by atoms with Gasteiger partial charge >= 0.3 is 0 Å². The number of carbonyl (C=O) groups excluding carboxylic acids is 3. The molecule has 1 fully saturated rings. The van der Waals surface area contributed by atoms with Crippen LogP contribution in [0, 0.1) is 5.92 Å². The zero-order valence-electron chi connectivity index (χ0n) is 15.2. The van der Waals surface area contributed by atoms with Gasteiger partial charge in [0.1, 0.15) is 5.76 Å². The molecule has 3 amide bonds. The Morgan fingerprint density at radius 3 is 2.64 bits per heavy atom. The highest BCUT2D eigenvalue weighted by Gasteiger charge is 2.33. The Bertz CT molecular complexity index is 638. The summed E-state index contributed by atoms with van der Waals surface area (Å²) in [5.74, 6) is 0.0203. The molecule has 1 N–H and O–H groups in total. The van der Waals surface area contributed by atoms with Crippen molar-refractivity contribution in [1.29, 1.82) is 0 Å². The van der Waals surface area contributed by atoms with Crippen LogP contribution in [0.3, 0.4) is 0 Å². The Kier molecular flexibility index (Phi) is 6.19. The van der Waals surface area contributed by atoms with Crippen LogP contribution in [-0.4, -0.2) is 80.2 Å². The number of amides is 3. The normalized spacial score (nSPS) is 17.2. The lowest BCUT2D eigenvalue weighted by Crippen LogP contribution is -2.35. The molecule has 1 aromatic rings. The topological polar surface area (TPSA) is 86.1 Å². The van der Waals surface area contributed by atoms with Gasteiger partial charge in [0, 0.05) is 40.2 Å². The molecule has 1 aliphatic rings. The summed E-state index contributed by atoms with van der Waals surface area (Å²) in [6.07, 6.45) is 0.238. The molecule has 2 rings (SSSR count). The van der Waals surface area contributed by atoms with Gasteiger partial charge in [-0.2, -0.15) is 0 Å². The van der Waals surface area contributed by atoms with Crippen LogP contribution in [0.1, 0.15) is 22.7 Å². The number of rotatable bonds is 7. The van der Waals surface area contributed by atoms with Crippen LogP contribution < -0.4 is 5.32 Å². The fraction of sp³-hybridized carbons (Fsp3) is 0.588. The fourth-order valence-electron chi connectivity index (χ4n) is 2.61. The Balaban J connectivity index is 1.83. The number of furan rings is 1. The quantitative estimate of drug-likeness (QED) is 0.749. The van der Waals surface area contributed by atoms with Crippen molar-refractivity contribution in [3.05, 3.63) is 23.7 Å². The second-order valence-electron chi connectivity index (χ2n) is 6.73. The smallest absolute Gasteiger partial charge is 0.289 e. The first-order valence-electron chi connectivity index (χ1n) is 8.28. The van der Waals surface area contributed by atoms with Gasteiger partial charge in [-0.05, 0) is 26.2 Å². The Morgan fingerprint density at radius 2 is 2.00 bits per heavy atom. The lowest BCUT2D eigenvalue weighted by atomic mass is 10.1. The molecule has 0 bridgehead atoms. The molecule has 0 aliphatic carbocycles. The third-order valence-corrected chi connectivity index (χ3v) is 4.12. The molecule has 138 valence electrons. The van der Waals surface area contributed by atoms with E-state index in [9.17, 15) is 14.4 Å². The van der Waals surface area contributed by atoms with Crippen molar-refractivity contribution >= 4 is 17.7 Å². The van der Waals surface area contributed by atoms with Crippen LogP contribution in [-0.2, 0) is 16.1 Å². The van der Waals surface area contributed by atoms with Crippen molar-refractivity contribution in [3.63, 3.8) is 0 Å². The van der Waals surface area contributed by atoms with E-state index >= 15 is 0 Å². The summed E-state index contributed by atoms with van der Waals surface area (Å²) in [5, 5.41) is 2.78. The minimum absolute atomic E-state index is 0.0128. The van der Waals surface area contributed by atoms with Crippen LogP contribution in [0.15, 0.2) is 16.5 Å². The Hall–Kier alpha value is -2.35. The minimum Gasteiger partial charge on any atom is -0.454 e. The second kappa shape index (κ2) is 8.15. The molecule has 0 radical (unpaired) electrons. The largest absolute Gasteiger partial charge is 0.454 e. The minimum atomic E-state index is -0.340. The van der Waals surface area contributed by atoms with E-state index in [0.29, 0.717) is 18.8 Å². The Morgan fingerprint density at radius 1 is 1.28 bits per heavy atom. The highest BCUT2D eigenvalue weighted by molar-refractivity contribution is 5.91. The molecule has 0 spiro atoms. The predicted molar refractivity (Wildman–Crippen MR) is 91.8 cm³/mol. The van der Waals surface area contributed by atoms with E-state index in [1.165, 1.54) is 4.90 Å². The maximum atomic E-state index is 12.3. The molecular formula is C17H26N4O4. The van der Waals surface area contributed by atoms with Crippen molar-refractivity contribution in [1.82, 2.24) is 20.0 Å². The van der Waals surface area contributed by atoms with E-state index in [1.54, 1.807) is 31.1 Å². The first-order chi connectivity index (χ1) is 11.8. The summed E-state index contributed by atoms with van der Waals surface area (Å²) in [5.41, 5.74) is 0. The first kappa shape index (κ1) is 19.0. The molecule has 8 heteroatoms. The summed E-state index contributed by atoms with van der Waals surface area (Å²) in [6, 6.07) is 3.26. The monoisotopic (exact) mass is 350 g/mol. The average Bonchev–Trinajstić information content (AvgIpc) is 3.16. The van der Waals surface area contributed by atoms with Gasteiger partial charge in [-0.3, -0.25) is 14.4 Å². The number of nitrogens with zero attached hydrogens (tertiary/aromatic N) is 3. The second-order valence-corrected chi connectivity index (χ2v) is 6.73. The van der Waals surface area contributed by atoms with E-state index in [-0.39, 0.29) is 42.4 Å². The van der Waals surface area contributed by atoms with E-state index in [4.69, 9.17) is 4.42 Å². The van der Waals surface area contributed by atoms with Gasteiger partial charge in [0.05, 0.1) is 12.5 Å². The van der Waals surface area contributed by atoms with Gasteiger partial charge in [-0.15, -0.1) is 0 Å². The van der Waals surface area contributed by atoms with Crippen molar-refractivity contribution in [2.45, 2.75) is 13.0 Å². The van der Waals surface area contributed by atoms with Gasteiger partial charge in [0.2, 0.25) is 11.8 Å². The van der Waals surface area contributed by atoms with E-state index in [1.807, 2.05) is 19.0 Å². The molecule has 1 unspecified atom stereocenters. The number of carbonyl (C=O) groups is 3. The molecule has 25 heavy (non-hydrogen) atoms. The van der Waals surface area contributed by atoms with Gasteiger partial charge in [0.15, 0.2) is 5.76 Å². The predicted octanol–water partition coefficient (Wildman–Crippen LogP) is 0.00770. The molecule has 1 saturated heterocycles. The standard InChI is InChI=1S/C17H26N4O4/c1-19(2)7-8-21-11-12(9-15(21)22)16(23)18-10-13-5-6-14(25-13)17(24)20(3)4/h5-6,12H,7-11H2,1-4H3,(H,18,23). The molecular weight excluding hydrogens is 324 g/mol. The van der Waals surface area contributed by atoms with Crippen molar-refractivity contribution in [2.75, 3.05) is 47.8 Å². The lowest BCUT2D eigenvalue weighted by molar-refractivity contribution is -0.129. The zero-order chi connectivity index (χ0) is 18.6. The highest BCUT2D eigenvalue weighted by atomic mass is 16.4. The van der Waals surface area contributed by atoms with Crippen LogP contribution in [0.5, 0.6) is 0 Å². The van der Waals surface area contributed by atoms with Crippen molar-refractivity contribution < 1.29 is 18.8 Å². The van der Waals surface area contributed by atoms with Gasteiger partial charge < -0.3 is 24.4 Å². The zero-order valence-corrected chi connectivity index (χ0v) is 15.2. The van der Waals surface area contributed by atoms with Gasteiger partial charge in [-0.1, -0.05) is 0 Å². The molecule has 1 atom stereocenters. The van der Waals surface area contributed by atoms with Crippen molar-refractivity contribution in [3.8, 4) is 0 Å². The Labute approximate surface area is 147 Å². The number of likely N-dealkylation sites (N-methyl/N-ethyl adjacent to an activating group) is 1. The highest BCUT2D eigenvalue weighted by Crippen LogP contribution is 2.18. The maximum absolute atomic E-state index is 12.3. The van der Waals surface area contributed by atoms with Crippen LogP contribution >= 0.6 is 0 Å². The number of hydrogen-bond acceptors (Lipinski definition) is 5.